The zero-order chi connectivity index (χ0) is 19.6. The average molecular weight is 411 g/mol. The Morgan fingerprint density at radius 3 is 2.37 bits per heavy atom. The second kappa shape index (κ2) is 7.75. The van der Waals surface area contributed by atoms with Crippen LogP contribution in [0.3, 0.4) is 0 Å². The number of nitrogens with one attached hydrogen (secondary N) is 1. The maximum absolute atomic E-state index is 12.5. The summed E-state index contributed by atoms with van der Waals surface area (Å²) in [7, 11) is -0.707. The summed E-state index contributed by atoms with van der Waals surface area (Å²) in [6.45, 7) is 0.223. The second-order valence-corrected chi connectivity index (χ2v) is 8.17. The molecular formula is C18H19ClN2O5S. The van der Waals surface area contributed by atoms with Crippen LogP contribution in [0, 0.1) is 0 Å². The van der Waals surface area contributed by atoms with Crippen molar-refractivity contribution in [2.45, 2.75) is 17.4 Å². The number of methoxy groups -OCH3 is 2. The Morgan fingerprint density at radius 1 is 1.07 bits per heavy atom. The first-order valence-corrected chi connectivity index (χ1v) is 10.0. The zero-order valence-electron chi connectivity index (χ0n) is 14.8. The fraction of sp³-hybridized carbons (Fsp3) is 0.278. The Balaban J connectivity index is 1.76. The molecular weight excluding hydrogens is 392 g/mol. The van der Waals surface area contributed by atoms with Crippen LogP contribution in [0.5, 0.6) is 11.5 Å². The topological polar surface area (TPSA) is 84.9 Å². The maximum Gasteiger partial charge on any atom is 0.240 e. The fourth-order valence-electron chi connectivity index (χ4n) is 2.93. The van der Waals surface area contributed by atoms with Gasteiger partial charge in [0.2, 0.25) is 15.9 Å². The van der Waals surface area contributed by atoms with Crippen LogP contribution in [0.4, 0.5) is 5.69 Å². The molecule has 0 aromatic heterocycles. The van der Waals surface area contributed by atoms with Crippen molar-refractivity contribution < 1.29 is 22.7 Å². The van der Waals surface area contributed by atoms with E-state index in [-0.39, 0.29) is 23.8 Å². The highest BCUT2D eigenvalue weighted by atomic mass is 35.5. The standard InChI is InChI=1S/C18H19ClN2O5S/c1-25-16-8-5-14(10-17(16)26-2)21-11-13(9-18(21)22)20-27(23,24)15-6-3-12(19)4-7-15/h3-8,10,13,20H,9,11H2,1-2H3/t13-/m0/s1. The number of carbonyl (C=O) groups is 1. The van der Waals surface area contributed by atoms with Crippen molar-refractivity contribution in [1.82, 2.24) is 4.72 Å². The molecule has 1 heterocycles. The van der Waals surface area contributed by atoms with Crippen molar-refractivity contribution >= 4 is 33.2 Å². The molecule has 0 saturated carbocycles. The minimum absolute atomic E-state index is 0.0706. The van der Waals surface area contributed by atoms with E-state index >= 15 is 0 Å². The van der Waals surface area contributed by atoms with E-state index in [1.165, 1.54) is 43.4 Å². The van der Waals surface area contributed by atoms with Crippen LogP contribution in [-0.2, 0) is 14.8 Å². The van der Waals surface area contributed by atoms with Crippen molar-refractivity contribution in [3.63, 3.8) is 0 Å². The molecule has 1 atom stereocenters. The van der Waals surface area contributed by atoms with Gasteiger partial charge in [0.05, 0.1) is 19.1 Å². The molecule has 0 bridgehead atoms. The lowest BCUT2D eigenvalue weighted by molar-refractivity contribution is -0.117. The number of carbonyl (C=O) groups excluding carboxylic acids is 1. The number of nitrogens with zero attached hydrogens (tertiary/aromatic N) is 1. The smallest absolute Gasteiger partial charge is 0.240 e. The van der Waals surface area contributed by atoms with Gasteiger partial charge in [-0.15, -0.1) is 0 Å². The molecule has 1 saturated heterocycles. The van der Waals surface area contributed by atoms with E-state index in [4.69, 9.17) is 21.1 Å². The van der Waals surface area contributed by atoms with Crippen molar-refractivity contribution in [1.29, 1.82) is 0 Å². The Kier molecular flexibility index (Phi) is 5.59. The summed E-state index contributed by atoms with van der Waals surface area (Å²) in [5.74, 6) is 0.868. The molecule has 1 fully saturated rings. The molecule has 0 spiro atoms. The lowest BCUT2D eigenvalue weighted by Crippen LogP contribution is -2.37. The molecule has 1 aliphatic heterocycles. The Morgan fingerprint density at radius 2 is 1.74 bits per heavy atom. The zero-order valence-corrected chi connectivity index (χ0v) is 16.4. The molecule has 0 aliphatic carbocycles. The molecule has 2 aromatic carbocycles. The summed E-state index contributed by atoms with van der Waals surface area (Å²) in [6, 6.07) is 10.4. The van der Waals surface area contributed by atoms with Crippen LogP contribution >= 0.6 is 11.6 Å². The normalized spacial score (nSPS) is 17.2. The van der Waals surface area contributed by atoms with Gasteiger partial charge in [0, 0.05) is 35.8 Å². The average Bonchev–Trinajstić information content (AvgIpc) is 3.00. The summed E-state index contributed by atoms with van der Waals surface area (Å²) in [6.07, 6.45) is 0.0706. The van der Waals surface area contributed by atoms with Gasteiger partial charge in [0.1, 0.15) is 0 Å². The molecule has 9 heteroatoms. The number of ether oxygens (including phenoxy) is 2. The fourth-order valence-corrected chi connectivity index (χ4v) is 4.28. The number of rotatable bonds is 6. The van der Waals surface area contributed by atoms with E-state index in [0.29, 0.717) is 22.2 Å². The van der Waals surface area contributed by atoms with Crippen LogP contribution in [-0.4, -0.2) is 41.1 Å². The van der Waals surface area contributed by atoms with E-state index in [1.54, 1.807) is 18.2 Å². The highest BCUT2D eigenvalue weighted by Gasteiger charge is 2.34. The van der Waals surface area contributed by atoms with Gasteiger partial charge in [-0.3, -0.25) is 4.79 Å². The third-order valence-electron chi connectivity index (χ3n) is 4.25. The molecule has 0 unspecified atom stereocenters. The van der Waals surface area contributed by atoms with Crippen molar-refractivity contribution in [2.24, 2.45) is 0 Å². The Labute approximate surface area is 162 Å². The van der Waals surface area contributed by atoms with Gasteiger partial charge in [0.25, 0.3) is 0 Å². The van der Waals surface area contributed by atoms with E-state index in [9.17, 15) is 13.2 Å². The molecule has 1 N–H and O–H groups in total. The summed E-state index contributed by atoms with van der Waals surface area (Å²) < 4.78 is 38.1. The highest BCUT2D eigenvalue weighted by Crippen LogP contribution is 2.33. The molecule has 0 radical (unpaired) electrons. The monoisotopic (exact) mass is 410 g/mol. The van der Waals surface area contributed by atoms with Gasteiger partial charge >= 0.3 is 0 Å². The van der Waals surface area contributed by atoms with Crippen molar-refractivity contribution in [3.8, 4) is 11.5 Å². The van der Waals surface area contributed by atoms with Gasteiger partial charge in [0.15, 0.2) is 11.5 Å². The van der Waals surface area contributed by atoms with Crippen LogP contribution in [0.2, 0.25) is 5.02 Å². The van der Waals surface area contributed by atoms with Crippen molar-refractivity contribution in [3.05, 3.63) is 47.5 Å². The summed E-state index contributed by atoms with van der Waals surface area (Å²) in [5.41, 5.74) is 0.617. The number of amides is 1. The first kappa shape index (κ1) is 19.5. The molecule has 1 aliphatic rings. The summed E-state index contributed by atoms with van der Waals surface area (Å²) in [5, 5.41) is 0.449. The van der Waals surface area contributed by atoms with Gasteiger partial charge in [-0.1, -0.05) is 11.6 Å². The number of halogens is 1. The SMILES string of the molecule is COc1ccc(N2C[C@@H](NS(=O)(=O)c3ccc(Cl)cc3)CC2=O)cc1OC. The van der Waals surface area contributed by atoms with Crippen LogP contribution in [0.1, 0.15) is 6.42 Å². The van der Waals surface area contributed by atoms with E-state index in [0.717, 1.165) is 0 Å². The minimum Gasteiger partial charge on any atom is -0.493 e. The number of hydrogen-bond donors (Lipinski definition) is 1. The largest absolute Gasteiger partial charge is 0.493 e. The van der Waals surface area contributed by atoms with E-state index < -0.39 is 16.1 Å². The number of sulfonamides is 1. The van der Waals surface area contributed by atoms with Crippen LogP contribution in [0.25, 0.3) is 0 Å². The summed E-state index contributed by atoms with van der Waals surface area (Å²) >= 11 is 5.80. The quantitative estimate of drug-likeness (QED) is 0.790. The molecule has 27 heavy (non-hydrogen) atoms. The highest BCUT2D eigenvalue weighted by molar-refractivity contribution is 7.89. The molecule has 2 aromatic rings. The molecule has 1 amide bonds. The van der Waals surface area contributed by atoms with Crippen LogP contribution < -0.4 is 19.1 Å². The number of hydrogen-bond acceptors (Lipinski definition) is 5. The van der Waals surface area contributed by atoms with E-state index in [1.807, 2.05) is 0 Å². The van der Waals surface area contributed by atoms with Crippen LogP contribution in [0.15, 0.2) is 47.4 Å². The second-order valence-electron chi connectivity index (χ2n) is 6.02. The molecule has 3 rings (SSSR count). The third-order valence-corrected chi connectivity index (χ3v) is 6.04. The van der Waals surface area contributed by atoms with Gasteiger partial charge in [-0.05, 0) is 36.4 Å². The van der Waals surface area contributed by atoms with Crippen molar-refractivity contribution in [2.75, 3.05) is 25.7 Å². The Bertz CT molecular complexity index is 947. The number of anilines is 1. The minimum atomic E-state index is -3.75. The maximum atomic E-state index is 12.5. The lowest BCUT2D eigenvalue weighted by atomic mass is 10.2. The lowest BCUT2D eigenvalue weighted by Gasteiger charge is -2.19. The first-order valence-electron chi connectivity index (χ1n) is 8.14. The third kappa shape index (κ3) is 4.18. The first-order chi connectivity index (χ1) is 12.8. The molecule has 7 nitrogen and oxygen atoms in total. The predicted molar refractivity (Wildman–Crippen MR) is 102 cm³/mol. The number of benzene rings is 2. The van der Waals surface area contributed by atoms with Gasteiger partial charge in [-0.25, -0.2) is 13.1 Å². The van der Waals surface area contributed by atoms with Gasteiger partial charge < -0.3 is 14.4 Å². The predicted octanol–water partition coefficient (Wildman–Crippen LogP) is 2.44. The Hall–Kier alpha value is -2.29. The van der Waals surface area contributed by atoms with E-state index in [2.05, 4.69) is 4.72 Å². The summed E-state index contributed by atoms with van der Waals surface area (Å²) in [4.78, 5) is 14.0. The van der Waals surface area contributed by atoms with Gasteiger partial charge in [-0.2, -0.15) is 0 Å². The molecule has 144 valence electrons.